The van der Waals surface area contributed by atoms with Gasteiger partial charge in [-0.05, 0) is 18.8 Å². The third-order valence-corrected chi connectivity index (χ3v) is 2.98. The molecule has 4 nitrogen and oxygen atoms in total. The average Bonchev–Trinajstić information content (AvgIpc) is 2.15. The maximum atomic E-state index is 11.9. The number of carbonyl (C=O) groups excluding carboxylic acids is 1. The first-order valence-corrected chi connectivity index (χ1v) is 5.69. The van der Waals surface area contributed by atoms with Crippen molar-refractivity contribution in [3.05, 3.63) is 27.8 Å². The Kier molecular flexibility index (Phi) is 4.10. The number of aryl methyl sites for hydroxylation is 1. The molecule has 1 rings (SSSR count). The Morgan fingerprint density at radius 2 is 2.00 bits per heavy atom. The Labute approximate surface area is 100 Å². The number of aromatic hydroxyl groups is 1. The van der Waals surface area contributed by atoms with Crippen molar-refractivity contribution in [3.8, 4) is 5.75 Å². The van der Waals surface area contributed by atoms with Crippen molar-refractivity contribution < 1.29 is 14.3 Å². The SMILES string of the molecule is Cc1cc(O)c(C(=O)CC(C)C(C)C)c(=O)o1. The Hall–Kier alpha value is -1.58. The Balaban J connectivity index is 3.02. The van der Waals surface area contributed by atoms with Crippen LogP contribution in [0.3, 0.4) is 0 Å². The highest BCUT2D eigenvalue weighted by atomic mass is 16.4. The molecule has 94 valence electrons. The molecular weight excluding hydrogens is 220 g/mol. The molecule has 0 amide bonds. The fourth-order valence-corrected chi connectivity index (χ4v) is 1.48. The molecule has 1 N–H and O–H groups in total. The molecule has 1 atom stereocenters. The van der Waals surface area contributed by atoms with Crippen LogP contribution in [-0.2, 0) is 0 Å². The minimum absolute atomic E-state index is 0.155. The lowest BCUT2D eigenvalue weighted by atomic mass is 9.91. The highest BCUT2D eigenvalue weighted by Gasteiger charge is 2.21. The van der Waals surface area contributed by atoms with Crippen LogP contribution in [0.2, 0.25) is 0 Å². The fourth-order valence-electron chi connectivity index (χ4n) is 1.48. The summed E-state index contributed by atoms with van der Waals surface area (Å²) in [7, 11) is 0. The van der Waals surface area contributed by atoms with E-state index in [9.17, 15) is 14.7 Å². The van der Waals surface area contributed by atoms with Gasteiger partial charge >= 0.3 is 5.63 Å². The summed E-state index contributed by atoms with van der Waals surface area (Å²) in [6.45, 7) is 7.51. The van der Waals surface area contributed by atoms with Crippen molar-refractivity contribution >= 4 is 5.78 Å². The van der Waals surface area contributed by atoms with Gasteiger partial charge in [-0.25, -0.2) is 4.79 Å². The van der Waals surface area contributed by atoms with E-state index in [1.165, 1.54) is 6.07 Å². The van der Waals surface area contributed by atoms with E-state index in [1.807, 2.05) is 20.8 Å². The topological polar surface area (TPSA) is 67.5 Å². The summed E-state index contributed by atoms with van der Waals surface area (Å²) in [6, 6.07) is 1.29. The van der Waals surface area contributed by atoms with Crippen LogP contribution in [-0.4, -0.2) is 10.9 Å². The second-order valence-electron chi connectivity index (χ2n) is 4.75. The van der Waals surface area contributed by atoms with Crippen molar-refractivity contribution in [3.63, 3.8) is 0 Å². The van der Waals surface area contributed by atoms with E-state index in [1.54, 1.807) is 6.92 Å². The first kappa shape index (κ1) is 13.5. The van der Waals surface area contributed by atoms with Gasteiger partial charge < -0.3 is 9.52 Å². The summed E-state index contributed by atoms with van der Waals surface area (Å²) < 4.78 is 4.82. The smallest absolute Gasteiger partial charge is 0.350 e. The van der Waals surface area contributed by atoms with E-state index in [0.717, 1.165) is 0 Å². The summed E-state index contributed by atoms with van der Waals surface area (Å²) in [5.74, 6) is 0.138. The lowest BCUT2D eigenvalue weighted by Crippen LogP contribution is -2.18. The summed E-state index contributed by atoms with van der Waals surface area (Å²) in [6.07, 6.45) is 0.235. The standard InChI is InChI=1S/C13H18O4/c1-7(2)8(3)5-10(14)12-11(15)6-9(4)17-13(12)16/h6-8,15H,5H2,1-4H3. The van der Waals surface area contributed by atoms with Crippen LogP contribution in [0.5, 0.6) is 5.75 Å². The van der Waals surface area contributed by atoms with Crippen molar-refractivity contribution in [2.45, 2.75) is 34.1 Å². The second-order valence-corrected chi connectivity index (χ2v) is 4.75. The van der Waals surface area contributed by atoms with E-state index in [0.29, 0.717) is 11.7 Å². The zero-order chi connectivity index (χ0) is 13.2. The van der Waals surface area contributed by atoms with Gasteiger partial charge in [-0.2, -0.15) is 0 Å². The summed E-state index contributed by atoms with van der Waals surface area (Å²) in [4.78, 5) is 23.4. The molecule has 1 unspecified atom stereocenters. The first-order chi connectivity index (χ1) is 7.82. The number of hydrogen-bond donors (Lipinski definition) is 1. The maximum Gasteiger partial charge on any atom is 0.350 e. The number of hydrogen-bond acceptors (Lipinski definition) is 4. The molecule has 1 aromatic rings. The number of Topliss-reactive ketones (excluding diaryl/α,β-unsaturated/α-hetero) is 1. The van der Waals surface area contributed by atoms with E-state index in [-0.39, 0.29) is 29.4 Å². The number of rotatable bonds is 4. The van der Waals surface area contributed by atoms with Crippen LogP contribution in [0.15, 0.2) is 15.3 Å². The van der Waals surface area contributed by atoms with Gasteiger partial charge in [0.1, 0.15) is 17.1 Å². The van der Waals surface area contributed by atoms with Gasteiger partial charge in [0.15, 0.2) is 5.78 Å². The molecule has 0 aromatic carbocycles. The molecule has 0 saturated carbocycles. The highest BCUT2D eigenvalue weighted by Crippen LogP contribution is 2.21. The molecule has 1 aromatic heterocycles. The molecule has 0 radical (unpaired) electrons. The fraction of sp³-hybridized carbons (Fsp3) is 0.538. The van der Waals surface area contributed by atoms with E-state index < -0.39 is 5.63 Å². The summed E-state index contributed by atoms with van der Waals surface area (Å²) >= 11 is 0. The predicted octanol–water partition coefficient (Wildman–Crippen LogP) is 2.52. The predicted molar refractivity (Wildman–Crippen MR) is 64.3 cm³/mol. The molecule has 17 heavy (non-hydrogen) atoms. The molecule has 0 bridgehead atoms. The largest absolute Gasteiger partial charge is 0.507 e. The van der Waals surface area contributed by atoms with Gasteiger partial charge in [0, 0.05) is 12.5 Å². The van der Waals surface area contributed by atoms with Crippen LogP contribution >= 0.6 is 0 Å². The molecule has 0 fully saturated rings. The van der Waals surface area contributed by atoms with Crippen LogP contribution in [0, 0.1) is 18.8 Å². The van der Waals surface area contributed by atoms with E-state index >= 15 is 0 Å². The Bertz CT molecular complexity index is 471. The molecular formula is C13H18O4. The third kappa shape index (κ3) is 3.19. The zero-order valence-corrected chi connectivity index (χ0v) is 10.6. The molecule has 1 heterocycles. The molecule has 4 heteroatoms. The van der Waals surface area contributed by atoms with Crippen LogP contribution in [0.1, 0.15) is 43.3 Å². The van der Waals surface area contributed by atoms with Gasteiger partial charge in [-0.3, -0.25) is 4.79 Å². The van der Waals surface area contributed by atoms with E-state index in [4.69, 9.17) is 4.42 Å². The van der Waals surface area contributed by atoms with Gasteiger partial charge in [-0.1, -0.05) is 20.8 Å². The van der Waals surface area contributed by atoms with Crippen LogP contribution in [0.25, 0.3) is 0 Å². The van der Waals surface area contributed by atoms with Crippen molar-refractivity contribution in [2.24, 2.45) is 11.8 Å². The van der Waals surface area contributed by atoms with Crippen LogP contribution < -0.4 is 5.63 Å². The molecule has 0 spiro atoms. The normalized spacial score (nSPS) is 12.8. The van der Waals surface area contributed by atoms with E-state index in [2.05, 4.69) is 0 Å². The van der Waals surface area contributed by atoms with Crippen LogP contribution in [0.4, 0.5) is 0 Å². The lowest BCUT2D eigenvalue weighted by molar-refractivity contribution is 0.0946. The van der Waals surface area contributed by atoms with Crippen molar-refractivity contribution in [1.82, 2.24) is 0 Å². The van der Waals surface area contributed by atoms with Gasteiger partial charge in [0.2, 0.25) is 0 Å². The number of carbonyl (C=O) groups is 1. The molecule has 0 aliphatic carbocycles. The highest BCUT2D eigenvalue weighted by molar-refractivity contribution is 5.98. The Morgan fingerprint density at radius 1 is 1.41 bits per heavy atom. The van der Waals surface area contributed by atoms with Crippen molar-refractivity contribution in [2.75, 3.05) is 0 Å². The Morgan fingerprint density at radius 3 is 2.47 bits per heavy atom. The summed E-state index contributed by atoms with van der Waals surface area (Å²) in [5, 5.41) is 9.61. The van der Waals surface area contributed by atoms with Gasteiger partial charge in [0.05, 0.1) is 0 Å². The summed E-state index contributed by atoms with van der Waals surface area (Å²) in [5.41, 5.74) is -0.994. The van der Waals surface area contributed by atoms with Gasteiger partial charge in [-0.15, -0.1) is 0 Å². The zero-order valence-electron chi connectivity index (χ0n) is 10.6. The minimum Gasteiger partial charge on any atom is -0.507 e. The average molecular weight is 238 g/mol. The number of ketones is 1. The van der Waals surface area contributed by atoms with Crippen molar-refractivity contribution in [1.29, 1.82) is 0 Å². The molecule has 0 aliphatic heterocycles. The second kappa shape index (κ2) is 5.17. The quantitative estimate of drug-likeness (QED) is 0.818. The molecule has 0 aliphatic rings. The maximum absolute atomic E-state index is 11.9. The molecule has 0 saturated heterocycles. The van der Waals surface area contributed by atoms with Gasteiger partial charge in [0.25, 0.3) is 0 Å². The monoisotopic (exact) mass is 238 g/mol. The minimum atomic E-state index is -0.761. The first-order valence-electron chi connectivity index (χ1n) is 5.69. The third-order valence-electron chi connectivity index (χ3n) is 2.98. The lowest BCUT2D eigenvalue weighted by Gasteiger charge is -2.14.